The summed E-state index contributed by atoms with van der Waals surface area (Å²) in [5.74, 6) is 0.509. The van der Waals surface area contributed by atoms with Crippen molar-refractivity contribution in [1.29, 1.82) is 0 Å². The first kappa shape index (κ1) is 19.8. The molecule has 3 heterocycles. The van der Waals surface area contributed by atoms with Crippen LogP contribution in [0.4, 0.5) is 0 Å². The lowest BCUT2D eigenvalue weighted by Gasteiger charge is -2.10. The lowest BCUT2D eigenvalue weighted by molar-refractivity contribution is 0.649. The molecule has 0 unspecified atom stereocenters. The van der Waals surface area contributed by atoms with Gasteiger partial charge in [0.1, 0.15) is 0 Å². The summed E-state index contributed by atoms with van der Waals surface area (Å²) in [6.45, 7) is 2.75. The van der Waals surface area contributed by atoms with Gasteiger partial charge in [-0.05, 0) is 40.8 Å². The van der Waals surface area contributed by atoms with Gasteiger partial charge in [0.25, 0.3) is 0 Å². The Kier molecular flexibility index (Phi) is 5.83. The van der Waals surface area contributed by atoms with Gasteiger partial charge in [0.15, 0.2) is 0 Å². The Balaban J connectivity index is 1.59. The molecule has 0 radical (unpaired) electrons. The van der Waals surface area contributed by atoms with Crippen molar-refractivity contribution in [2.45, 2.75) is 39.2 Å². The van der Waals surface area contributed by atoms with Crippen LogP contribution in [-0.2, 0) is 20.0 Å². The predicted octanol–water partition coefficient (Wildman–Crippen LogP) is 3.21. The second kappa shape index (κ2) is 8.86. The van der Waals surface area contributed by atoms with Crippen LogP contribution < -0.4 is 5.69 Å². The maximum absolute atomic E-state index is 12.6. The molecule has 0 spiro atoms. The molecule has 4 rings (SSSR count). The average Bonchev–Trinajstić information content (AvgIpc) is 3.39. The van der Waals surface area contributed by atoms with Crippen LogP contribution in [-0.4, -0.2) is 34.7 Å². The van der Waals surface area contributed by atoms with E-state index >= 15 is 0 Å². The third-order valence-electron chi connectivity index (χ3n) is 5.27. The largest absolute Gasteiger partial charge is 0.328 e. The van der Waals surface area contributed by atoms with Crippen molar-refractivity contribution in [3.63, 3.8) is 0 Å². The minimum absolute atomic E-state index is 0.0269. The standard InChI is InChI=1S/C22H25N7O/c1-3-4-5-6-18-15-28(2)22(30)29(18)14-16-7-9-17(10-8-16)19-11-12-23-13-20(19)21-24-26-27-25-21/h7-13,15H,3-6,14H2,1-2H3,(H,24,25,26,27). The monoisotopic (exact) mass is 403 g/mol. The molecule has 0 aliphatic carbocycles. The molecule has 4 aromatic rings. The number of benzene rings is 1. The zero-order chi connectivity index (χ0) is 20.9. The number of imidazole rings is 1. The van der Waals surface area contributed by atoms with Gasteiger partial charge in [-0.15, -0.1) is 10.2 Å². The molecule has 0 saturated heterocycles. The first-order chi connectivity index (χ1) is 14.7. The number of pyridine rings is 1. The SMILES string of the molecule is CCCCCc1cn(C)c(=O)n1Cc1ccc(-c2ccncc2-c2nn[nH]n2)cc1. The molecular weight excluding hydrogens is 378 g/mol. The minimum Gasteiger partial charge on any atom is -0.302 e. The third kappa shape index (κ3) is 4.07. The maximum Gasteiger partial charge on any atom is 0.328 e. The van der Waals surface area contributed by atoms with Crippen molar-refractivity contribution in [3.8, 4) is 22.5 Å². The summed E-state index contributed by atoms with van der Waals surface area (Å²) in [6.07, 6.45) is 9.80. The molecule has 1 N–H and O–H groups in total. The molecule has 0 fully saturated rings. The zero-order valence-electron chi connectivity index (χ0n) is 17.2. The average molecular weight is 403 g/mol. The van der Waals surface area contributed by atoms with E-state index < -0.39 is 0 Å². The van der Waals surface area contributed by atoms with Crippen molar-refractivity contribution < 1.29 is 0 Å². The van der Waals surface area contributed by atoms with E-state index in [0.717, 1.165) is 40.8 Å². The highest BCUT2D eigenvalue weighted by Gasteiger charge is 2.13. The fraction of sp³-hybridized carbons (Fsp3) is 0.318. The molecule has 1 aromatic carbocycles. The van der Waals surface area contributed by atoms with E-state index in [1.165, 1.54) is 12.8 Å². The van der Waals surface area contributed by atoms with Gasteiger partial charge in [-0.25, -0.2) is 4.79 Å². The molecule has 0 saturated carbocycles. The number of hydrogen-bond donors (Lipinski definition) is 1. The molecule has 8 heteroatoms. The Morgan fingerprint density at radius 3 is 2.63 bits per heavy atom. The number of hydrogen-bond acceptors (Lipinski definition) is 5. The van der Waals surface area contributed by atoms with E-state index in [1.807, 2.05) is 23.9 Å². The molecule has 0 atom stereocenters. The van der Waals surface area contributed by atoms with Crippen molar-refractivity contribution in [1.82, 2.24) is 34.7 Å². The highest BCUT2D eigenvalue weighted by molar-refractivity contribution is 5.79. The second-order valence-corrected chi connectivity index (χ2v) is 7.41. The molecular formula is C22H25N7O. The van der Waals surface area contributed by atoms with Gasteiger partial charge >= 0.3 is 5.69 Å². The van der Waals surface area contributed by atoms with Gasteiger partial charge < -0.3 is 4.57 Å². The molecule has 0 amide bonds. The minimum atomic E-state index is 0.0269. The quantitative estimate of drug-likeness (QED) is 0.456. The van der Waals surface area contributed by atoms with Gasteiger partial charge in [-0.1, -0.05) is 44.0 Å². The Labute approximate surface area is 174 Å². The Morgan fingerprint density at radius 2 is 1.90 bits per heavy atom. The van der Waals surface area contributed by atoms with Crippen LogP contribution in [0.1, 0.15) is 37.4 Å². The van der Waals surface area contributed by atoms with Crippen molar-refractivity contribution in [3.05, 3.63) is 70.7 Å². The van der Waals surface area contributed by atoms with E-state index in [0.29, 0.717) is 12.4 Å². The Hall–Kier alpha value is -3.55. The summed E-state index contributed by atoms with van der Waals surface area (Å²) in [5, 5.41) is 14.3. The summed E-state index contributed by atoms with van der Waals surface area (Å²) < 4.78 is 3.55. The van der Waals surface area contributed by atoms with Crippen molar-refractivity contribution in [2.24, 2.45) is 7.05 Å². The first-order valence-electron chi connectivity index (χ1n) is 10.2. The van der Waals surface area contributed by atoms with Crippen LogP contribution in [0.15, 0.2) is 53.7 Å². The third-order valence-corrected chi connectivity index (χ3v) is 5.27. The van der Waals surface area contributed by atoms with Crippen LogP contribution in [0.3, 0.4) is 0 Å². The van der Waals surface area contributed by atoms with Gasteiger partial charge in [-0.3, -0.25) is 9.55 Å². The number of nitrogens with one attached hydrogen (secondary N) is 1. The number of unbranched alkanes of at least 4 members (excludes halogenated alkanes) is 2. The number of nitrogens with zero attached hydrogens (tertiary/aromatic N) is 6. The fourth-order valence-electron chi connectivity index (χ4n) is 3.66. The topological polar surface area (TPSA) is 94.3 Å². The predicted molar refractivity (Wildman–Crippen MR) is 115 cm³/mol. The van der Waals surface area contributed by atoms with Crippen molar-refractivity contribution >= 4 is 0 Å². The molecule has 3 aromatic heterocycles. The van der Waals surface area contributed by atoms with Gasteiger partial charge in [0, 0.05) is 36.9 Å². The van der Waals surface area contributed by atoms with Crippen molar-refractivity contribution in [2.75, 3.05) is 0 Å². The summed E-state index contributed by atoms with van der Waals surface area (Å²) >= 11 is 0. The molecule has 0 aliphatic heterocycles. The maximum atomic E-state index is 12.6. The molecule has 0 aliphatic rings. The summed E-state index contributed by atoms with van der Waals surface area (Å²) in [7, 11) is 1.81. The van der Waals surface area contributed by atoms with Gasteiger partial charge in [0.2, 0.25) is 5.82 Å². The van der Waals surface area contributed by atoms with Crippen LogP contribution in [0.5, 0.6) is 0 Å². The molecule has 154 valence electrons. The number of tetrazole rings is 1. The normalized spacial score (nSPS) is 11.1. The number of aryl methyl sites for hydroxylation is 2. The summed E-state index contributed by atoms with van der Waals surface area (Å²) in [5.41, 5.74) is 5.03. The lowest BCUT2D eigenvalue weighted by Crippen LogP contribution is -2.23. The molecule has 8 nitrogen and oxygen atoms in total. The smallest absolute Gasteiger partial charge is 0.302 e. The first-order valence-corrected chi connectivity index (χ1v) is 10.2. The summed E-state index contributed by atoms with van der Waals surface area (Å²) in [6, 6.07) is 10.2. The fourth-order valence-corrected chi connectivity index (χ4v) is 3.66. The van der Waals surface area contributed by atoms with E-state index in [9.17, 15) is 4.79 Å². The highest BCUT2D eigenvalue weighted by Crippen LogP contribution is 2.29. The summed E-state index contributed by atoms with van der Waals surface area (Å²) in [4.78, 5) is 16.8. The number of aromatic amines is 1. The van der Waals surface area contributed by atoms with Crippen LogP contribution in [0, 0.1) is 0 Å². The van der Waals surface area contributed by atoms with E-state index in [2.05, 4.69) is 56.8 Å². The van der Waals surface area contributed by atoms with Gasteiger partial charge in [-0.2, -0.15) is 5.21 Å². The Morgan fingerprint density at radius 1 is 1.07 bits per heavy atom. The highest BCUT2D eigenvalue weighted by atomic mass is 16.1. The van der Waals surface area contributed by atoms with Crippen LogP contribution in [0.25, 0.3) is 22.5 Å². The number of aromatic nitrogens is 7. The molecule has 0 bridgehead atoms. The lowest BCUT2D eigenvalue weighted by atomic mass is 10.00. The number of rotatable bonds is 8. The van der Waals surface area contributed by atoms with E-state index in [4.69, 9.17) is 0 Å². The Bertz CT molecular complexity index is 1160. The van der Waals surface area contributed by atoms with Crippen LogP contribution in [0.2, 0.25) is 0 Å². The number of H-pyrrole nitrogens is 1. The van der Waals surface area contributed by atoms with Crippen LogP contribution >= 0.6 is 0 Å². The van der Waals surface area contributed by atoms with Gasteiger partial charge in [0.05, 0.1) is 6.54 Å². The molecule has 30 heavy (non-hydrogen) atoms. The zero-order valence-corrected chi connectivity index (χ0v) is 17.2. The van der Waals surface area contributed by atoms with E-state index in [-0.39, 0.29) is 5.69 Å². The van der Waals surface area contributed by atoms with E-state index in [1.54, 1.807) is 17.0 Å². The second-order valence-electron chi connectivity index (χ2n) is 7.41.